The highest BCUT2D eigenvalue weighted by Gasteiger charge is 2.27. The number of carbonyl (C=O) groups excluding carboxylic acids is 1. The van der Waals surface area contributed by atoms with Crippen LogP contribution >= 0.6 is 0 Å². The SMILES string of the molecule is CCCC1CCc2ccncc2N(C)C1=O. The van der Waals surface area contributed by atoms with Gasteiger partial charge in [0.15, 0.2) is 0 Å². The fraction of sp³-hybridized carbons (Fsp3) is 0.538. The number of hydrogen-bond donors (Lipinski definition) is 0. The zero-order valence-electron chi connectivity index (χ0n) is 9.94. The third kappa shape index (κ3) is 1.94. The molecule has 0 saturated carbocycles. The van der Waals surface area contributed by atoms with E-state index in [1.54, 1.807) is 17.3 Å². The van der Waals surface area contributed by atoms with E-state index in [1.165, 1.54) is 5.56 Å². The highest BCUT2D eigenvalue weighted by Crippen LogP contribution is 2.29. The molecule has 0 radical (unpaired) electrons. The Kier molecular flexibility index (Phi) is 3.22. The molecular weight excluding hydrogens is 200 g/mol. The van der Waals surface area contributed by atoms with Crippen molar-refractivity contribution in [2.24, 2.45) is 5.92 Å². The highest BCUT2D eigenvalue weighted by atomic mass is 16.2. The van der Waals surface area contributed by atoms with Crippen LogP contribution in [0.3, 0.4) is 0 Å². The van der Waals surface area contributed by atoms with E-state index < -0.39 is 0 Å². The van der Waals surface area contributed by atoms with Crippen molar-refractivity contribution in [2.75, 3.05) is 11.9 Å². The Hall–Kier alpha value is -1.38. The summed E-state index contributed by atoms with van der Waals surface area (Å²) in [5.41, 5.74) is 2.22. The molecule has 1 amide bonds. The molecule has 0 bridgehead atoms. The van der Waals surface area contributed by atoms with Crippen LogP contribution in [0.2, 0.25) is 0 Å². The molecule has 1 atom stereocenters. The second-order valence-corrected chi connectivity index (χ2v) is 4.43. The van der Waals surface area contributed by atoms with Gasteiger partial charge in [-0.05, 0) is 30.9 Å². The number of nitrogens with zero attached hydrogens (tertiary/aromatic N) is 2. The van der Waals surface area contributed by atoms with Crippen molar-refractivity contribution in [3.63, 3.8) is 0 Å². The van der Waals surface area contributed by atoms with Gasteiger partial charge in [-0.2, -0.15) is 0 Å². The third-order valence-electron chi connectivity index (χ3n) is 3.33. The summed E-state index contributed by atoms with van der Waals surface area (Å²) in [6, 6.07) is 2.02. The van der Waals surface area contributed by atoms with Gasteiger partial charge >= 0.3 is 0 Å². The predicted octanol–water partition coefficient (Wildman–Crippen LogP) is 2.41. The van der Waals surface area contributed by atoms with Gasteiger partial charge in [0.25, 0.3) is 0 Å². The number of anilines is 1. The number of amides is 1. The van der Waals surface area contributed by atoms with Crippen molar-refractivity contribution in [3.8, 4) is 0 Å². The lowest BCUT2D eigenvalue weighted by molar-refractivity contribution is -0.122. The average Bonchev–Trinajstić information content (AvgIpc) is 2.43. The van der Waals surface area contributed by atoms with Crippen molar-refractivity contribution in [1.82, 2.24) is 4.98 Å². The summed E-state index contributed by atoms with van der Waals surface area (Å²) in [6.07, 6.45) is 7.61. The van der Waals surface area contributed by atoms with Crippen LogP contribution in [0.15, 0.2) is 18.5 Å². The van der Waals surface area contributed by atoms with Gasteiger partial charge in [-0.15, -0.1) is 0 Å². The van der Waals surface area contributed by atoms with E-state index in [9.17, 15) is 4.79 Å². The van der Waals surface area contributed by atoms with Crippen LogP contribution in [0.4, 0.5) is 5.69 Å². The van der Waals surface area contributed by atoms with E-state index in [-0.39, 0.29) is 11.8 Å². The molecule has 16 heavy (non-hydrogen) atoms. The first-order chi connectivity index (χ1) is 7.74. The smallest absolute Gasteiger partial charge is 0.229 e. The number of fused-ring (bicyclic) bond motifs is 1. The Labute approximate surface area is 96.5 Å². The van der Waals surface area contributed by atoms with E-state index >= 15 is 0 Å². The minimum absolute atomic E-state index is 0.183. The fourth-order valence-electron chi connectivity index (χ4n) is 2.39. The summed E-state index contributed by atoms with van der Waals surface area (Å²) in [7, 11) is 1.86. The topological polar surface area (TPSA) is 33.2 Å². The highest BCUT2D eigenvalue weighted by molar-refractivity contribution is 5.95. The molecule has 0 aromatic carbocycles. The van der Waals surface area contributed by atoms with Crippen LogP contribution in [-0.4, -0.2) is 17.9 Å². The average molecular weight is 218 g/mol. The van der Waals surface area contributed by atoms with Gasteiger partial charge in [0.2, 0.25) is 5.91 Å². The van der Waals surface area contributed by atoms with E-state index in [0.717, 1.165) is 31.4 Å². The molecule has 3 heteroatoms. The number of pyridine rings is 1. The standard InChI is InChI=1S/C13H18N2O/c1-3-4-11-6-5-10-7-8-14-9-12(10)15(2)13(11)16/h7-9,11H,3-6H2,1-2H3. The molecule has 0 saturated heterocycles. The van der Waals surface area contributed by atoms with Crippen LogP contribution in [0, 0.1) is 5.92 Å². The van der Waals surface area contributed by atoms with Crippen molar-refractivity contribution in [2.45, 2.75) is 32.6 Å². The van der Waals surface area contributed by atoms with Crippen LogP contribution < -0.4 is 4.90 Å². The Balaban J connectivity index is 2.30. The van der Waals surface area contributed by atoms with Gasteiger partial charge in [0.1, 0.15) is 0 Å². The molecule has 0 spiro atoms. The Morgan fingerprint density at radius 2 is 2.38 bits per heavy atom. The maximum atomic E-state index is 12.2. The van der Waals surface area contributed by atoms with Crippen molar-refractivity contribution in [1.29, 1.82) is 0 Å². The number of aryl methyl sites for hydroxylation is 1. The summed E-state index contributed by atoms with van der Waals surface area (Å²) in [6.45, 7) is 2.13. The summed E-state index contributed by atoms with van der Waals surface area (Å²) in [5, 5.41) is 0. The molecule has 0 fully saturated rings. The molecule has 1 unspecified atom stereocenters. The summed E-state index contributed by atoms with van der Waals surface area (Å²) in [4.78, 5) is 18.1. The van der Waals surface area contributed by atoms with E-state index in [0.29, 0.717) is 0 Å². The van der Waals surface area contributed by atoms with Gasteiger partial charge in [0, 0.05) is 19.2 Å². The Bertz CT molecular complexity index is 389. The first kappa shape index (κ1) is 11.1. The van der Waals surface area contributed by atoms with Gasteiger partial charge in [-0.1, -0.05) is 13.3 Å². The molecule has 1 aromatic heterocycles. The second-order valence-electron chi connectivity index (χ2n) is 4.43. The maximum absolute atomic E-state index is 12.2. The van der Waals surface area contributed by atoms with Crippen molar-refractivity contribution in [3.05, 3.63) is 24.0 Å². The van der Waals surface area contributed by atoms with Gasteiger partial charge in [0.05, 0.1) is 11.9 Å². The van der Waals surface area contributed by atoms with Crippen LogP contribution in [-0.2, 0) is 11.2 Å². The first-order valence-electron chi connectivity index (χ1n) is 5.94. The van der Waals surface area contributed by atoms with E-state index in [1.807, 2.05) is 13.1 Å². The molecule has 0 N–H and O–H groups in total. The zero-order chi connectivity index (χ0) is 11.5. The lowest BCUT2D eigenvalue weighted by atomic mass is 9.96. The molecule has 1 aromatic rings. The van der Waals surface area contributed by atoms with Crippen LogP contribution in [0.25, 0.3) is 0 Å². The number of rotatable bonds is 2. The zero-order valence-corrected chi connectivity index (χ0v) is 9.94. The minimum atomic E-state index is 0.183. The Morgan fingerprint density at radius 1 is 1.56 bits per heavy atom. The Morgan fingerprint density at radius 3 is 3.12 bits per heavy atom. The monoisotopic (exact) mass is 218 g/mol. The first-order valence-corrected chi connectivity index (χ1v) is 5.94. The normalized spacial score (nSPS) is 20.5. The quantitative estimate of drug-likeness (QED) is 0.763. The van der Waals surface area contributed by atoms with Crippen LogP contribution in [0.1, 0.15) is 31.7 Å². The van der Waals surface area contributed by atoms with Gasteiger partial charge in [-0.25, -0.2) is 0 Å². The molecule has 2 rings (SSSR count). The van der Waals surface area contributed by atoms with Crippen molar-refractivity contribution >= 4 is 11.6 Å². The maximum Gasteiger partial charge on any atom is 0.229 e. The molecule has 0 aliphatic carbocycles. The molecule has 1 aliphatic rings. The number of hydrogen-bond acceptors (Lipinski definition) is 2. The van der Waals surface area contributed by atoms with E-state index in [4.69, 9.17) is 0 Å². The summed E-state index contributed by atoms with van der Waals surface area (Å²) >= 11 is 0. The molecule has 3 nitrogen and oxygen atoms in total. The van der Waals surface area contributed by atoms with Crippen LogP contribution in [0.5, 0.6) is 0 Å². The van der Waals surface area contributed by atoms with Gasteiger partial charge < -0.3 is 4.90 Å². The molecule has 1 aliphatic heterocycles. The third-order valence-corrected chi connectivity index (χ3v) is 3.33. The van der Waals surface area contributed by atoms with Crippen molar-refractivity contribution < 1.29 is 4.79 Å². The minimum Gasteiger partial charge on any atom is -0.313 e. The van der Waals surface area contributed by atoms with Gasteiger partial charge in [-0.3, -0.25) is 9.78 Å². The molecule has 86 valence electrons. The predicted molar refractivity (Wildman–Crippen MR) is 64.4 cm³/mol. The summed E-state index contributed by atoms with van der Waals surface area (Å²) in [5.74, 6) is 0.427. The number of carbonyl (C=O) groups is 1. The molecular formula is C13H18N2O. The second kappa shape index (κ2) is 4.64. The summed E-state index contributed by atoms with van der Waals surface area (Å²) < 4.78 is 0. The molecule has 2 heterocycles. The lowest BCUT2D eigenvalue weighted by Gasteiger charge is -2.20. The fourth-order valence-corrected chi connectivity index (χ4v) is 2.39. The number of aromatic nitrogens is 1. The largest absolute Gasteiger partial charge is 0.313 e. The van der Waals surface area contributed by atoms with E-state index in [2.05, 4.69) is 11.9 Å². The lowest BCUT2D eigenvalue weighted by Crippen LogP contribution is -2.31.